The van der Waals surface area contributed by atoms with Crippen molar-refractivity contribution in [2.75, 3.05) is 39.6 Å². The lowest BCUT2D eigenvalue weighted by molar-refractivity contribution is -0.161. The van der Waals surface area contributed by atoms with Gasteiger partial charge in [-0.25, -0.2) is 9.13 Å². The molecule has 0 fully saturated rings. The zero-order valence-corrected chi connectivity index (χ0v) is 54.6. The van der Waals surface area contributed by atoms with Crippen LogP contribution in [-0.2, 0) is 65.4 Å². The zero-order chi connectivity index (χ0) is 60.8. The van der Waals surface area contributed by atoms with Crippen molar-refractivity contribution < 1.29 is 80.2 Å². The lowest BCUT2D eigenvalue weighted by Gasteiger charge is -2.21. The lowest BCUT2D eigenvalue weighted by atomic mass is 9.99. The summed E-state index contributed by atoms with van der Waals surface area (Å²) in [5, 5.41) is 10.5. The van der Waals surface area contributed by atoms with Gasteiger partial charge in [0, 0.05) is 25.7 Å². The topological polar surface area (TPSA) is 237 Å². The van der Waals surface area contributed by atoms with Crippen molar-refractivity contribution in [3.8, 4) is 0 Å². The van der Waals surface area contributed by atoms with E-state index in [0.29, 0.717) is 25.7 Å². The van der Waals surface area contributed by atoms with Gasteiger partial charge in [-0.05, 0) is 37.5 Å². The predicted octanol–water partition coefficient (Wildman–Crippen LogP) is 17.3. The fourth-order valence-electron chi connectivity index (χ4n) is 9.32. The molecule has 0 spiro atoms. The number of aliphatic hydroxyl groups is 1. The Balaban J connectivity index is 5.23. The van der Waals surface area contributed by atoms with Crippen molar-refractivity contribution in [1.82, 2.24) is 0 Å². The second-order valence-electron chi connectivity index (χ2n) is 23.5. The van der Waals surface area contributed by atoms with Crippen molar-refractivity contribution in [2.45, 2.75) is 330 Å². The minimum absolute atomic E-state index is 0.105. The highest BCUT2D eigenvalue weighted by molar-refractivity contribution is 7.47. The largest absolute Gasteiger partial charge is 0.472 e. The van der Waals surface area contributed by atoms with Gasteiger partial charge in [-0.15, -0.1) is 0 Å². The minimum Gasteiger partial charge on any atom is -0.462 e. The van der Waals surface area contributed by atoms with Gasteiger partial charge in [0.2, 0.25) is 0 Å². The average molecular weight is 1210 g/mol. The van der Waals surface area contributed by atoms with Crippen LogP contribution in [0.2, 0.25) is 0 Å². The second kappa shape index (κ2) is 55.6. The maximum Gasteiger partial charge on any atom is 0.472 e. The number of unbranched alkanes of at least 4 members (excludes halogenated alkanes) is 31. The third-order valence-corrected chi connectivity index (χ3v) is 16.7. The number of hydrogen-bond acceptors (Lipinski definition) is 15. The van der Waals surface area contributed by atoms with Crippen LogP contribution in [0.3, 0.4) is 0 Å². The number of aliphatic hydroxyl groups excluding tert-OH is 1. The van der Waals surface area contributed by atoms with Crippen LogP contribution in [0, 0.1) is 11.8 Å². The molecule has 0 aliphatic heterocycles. The molecule has 0 amide bonds. The Labute approximate surface area is 498 Å². The van der Waals surface area contributed by atoms with Crippen molar-refractivity contribution in [2.24, 2.45) is 11.8 Å². The number of esters is 4. The molecule has 0 saturated carbocycles. The lowest BCUT2D eigenvalue weighted by Crippen LogP contribution is -2.30. The SMILES string of the molecule is CCCCCCCCCCCC(=O)O[C@H](COC(=O)CCCCCCCCCC)COP(=O)(O)OC[C@H](O)COP(=O)(O)OC[C@@H](COC(=O)CCCCCCCCCCC(C)C)OC(=O)CCCCCCCCCCCCC(C)CC. The minimum atomic E-state index is -4.94. The summed E-state index contributed by atoms with van der Waals surface area (Å²) in [7, 11) is -9.88. The maximum atomic E-state index is 13.0. The molecule has 0 aliphatic carbocycles. The van der Waals surface area contributed by atoms with E-state index < -0.39 is 97.5 Å². The summed E-state index contributed by atoms with van der Waals surface area (Å²) in [5.74, 6) is -0.609. The van der Waals surface area contributed by atoms with Gasteiger partial charge in [-0.3, -0.25) is 37.3 Å². The van der Waals surface area contributed by atoms with E-state index in [2.05, 4.69) is 41.5 Å². The molecular weight excluding hydrogens is 1090 g/mol. The first-order chi connectivity index (χ1) is 39.4. The predicted molar refractivity (Wildman–Crippen MR) is 326 cm³/mol. The van der Waals surface area contributed by atoms with E-state index in [9.17, 15) is 43.2 Å². The number of phosphoric acid groups is 2. The highest BCUT2D eigenvalue weighted by atomic mass is 31.2. The summed E-state index contributed by atoms with van der Waals surface area (Å²) in [4.78, 5) is 72.1. The van der Waals surface area contributed by atoms with E-state index in [4.69, 9.17) is 37.0 Å². The molecule has 0 rings (SSSR count). The number of ether oxygens (including phenoxy) is 4. The monoisotopic (exact) mass is 1210 g/mol. The Morgan fingerprint density at radius 2 is 0.622 bits per heavy atom. The van der Waals surface area contributed by atoms with Gasteiger partial charge in [-0.2, -0.15) is 0 Å². The number of carbonyl (C=O) groups excluding carboxylic acids is 4. The third kappa shape index (κ3) is 55.9. The highest BCUT2D eigenvalue weighted by Gasteiger charge is 2.30. The normalized spacial score (nSPS) is 14.7. The molecule has 3 unspecified atom stereocenters. The van der Waals surface area contributed by atoms with Gasteiger partial charge in [-0.1, -0.05) is 260 Å². The van der Waals surface area contributed by atoms with Gasteiger partial charge in [0.15, 0.2) is 12.2 Å². The number of phosphoric ester groups is 2. The van der Waals surface area contributed by atoms with Crippen molar-refractivity contribution in [3.63, 3.8) is 0 Å². The first kappa shape index (κ1) is 80.1. The summed E-state index contributed by atoms with van der Waals surface area (Å²) < 4.78 is 67.9. The molecule has 0 bridgehead atoms. The molecule has 19 heteroatoms. The number of hydrogen-bond donors (Lipinski definition) is 3. The summed E-state index contributed by atoms with van der Waals surface area (Å²) in [6.45, 7) is 9.44. The molecule has 17 nitrogen and oxygen atoms in total. The Morgan fingerprint density at radius 3 is 0.927 bits per heavy atom. The Morgan fingerprint density at radius 1 is 0.354 bits per heavy atom. The molecule has 0 radical (unpaired) electrons. The van der Waals surface area contributed by atoms with Crippen LogP contribution in [0.5, 0.6) is 0 Å². The number of rotatable bonds is 62. The molecule has 0 aromatic heterocycles. The fraction of sp³-hybridized carbons (Fsp3) is 0.937. The summed E-state index contributed by atoms with van der Waals surface area (Å²) in [5.41, 5.74) is 0. The van der Waals surface area contributed by atoms with Crippen molar-refractivity contribution >= 4 is 39.5 Å². The van der Waals surface area contributed by atoms with Crippen LogP contribution in [0.4, 0.5) is 0 Å². The summed E-state index contributed by atoms with van der Waals surface area (Å²) in [6.07, 6.45) is 37.5. The van der Waals surface area contributed by atoms with Crippen LogP contribution >= 0.6 is 15.6 Å². The smallest absolute Gasteiger partial charge is 0.462 e. The van der Waals surface area contributed by atoms with Crippen LogP contribution in [-0.4, -0.2) is 96.7 Å². The molecule has 0 heterocycles. The molecule has 0 saturated heterocycles. The van der Waals surface area contributed by atoms with Crippen molar-refractivity contribution in [1.29, 1.82) is 0 Å². The molecule has 0 aromatic rings. The quantitative estimate of drug-likeness (QED) is 0.0222. The molecular formula is C63H122O17P2. The fourth-order valence-corrected chi connectivity index (χ4v) is 10.9. The Bertz CT molecular complexity index is 1620. The van der Waals surface area contributed by atoms with Crippen LogP contribution in [0.15, 0.2) is 0 Å². The van der Waals surface area contributed by atoms with Gasteiger partial charge < -0.3 is 33.8 Å². The van der Waals surface area contributed by atoms with Gasteiger partial charge >= 0.3 is 39.5 Å². The van der Waals surface area contributed by atoms with Crippen LogP contribution < -0.4 is 0 Å². The molecule has 3 N–H and O–H groups in total. The standard InChI is InChI=1S/C63H122O17P2/c1-7-10-12-14-16-20-29-35-41-47-62(67)79-58(51-73-60(65)45-39-33-27-17-15-13-11-8-2)53-77-81(69,70)75-49-57(64)50-76-82(71,72)78-54-59(52-74-61(66)46-40-34-28-24-23-25-31-37-43-55(4)5)80-63(68)48-42-36-30-22-19-18-21-26-32-38-44-56(6)9-3/h55-59,64H,7-54H2,1-6H3,(H,69,70)(H,71,72)/t56?,57-,58+,59+/m0/s1. The van der Waals surface area contributed by atoms with E-state index in [-0.39, 0.29) is 25.7 Å². The van der Waals surface area contributed by atoms with E-state index in [0.717, 1.165) is 108 Å². The van der Waals surface area contributed by atoms with E-state index >= 15 is 0 Å². The van der Waals surface area contributed by atoms with Crippen LogP contribution in [0.1, 0.15) is 311 Å². The summed E-state index contributed by atoms with van der Waals surface area (Å²) >= 11 is 0. The maximum absolute atomic E-state index is 13.0. The van der Waals surface area contributed by atoms with E-state index in [1.54, 1.807) is 0 Å². The highest BCUT2D eigenvalue weighted by Crippen LogP contribution is 2.45. The Hall–Kier alpha value is -1.94. The van der Waals surface area contributed by atoms with Gasteiger partial charge in [0.1, 0.15) is 19.3 Å². The molecule has 0 aromatic carbocycles. The van der Waals surface area contributed by atoms with Crippen molar-refractivity contribution in [3.05, 3.63) is 0 Å². The van der Waals surface area contributed by atoms with Gasteiger partial charge in [0.05, 0.1) is 26.4 Å². The molecule has 6 atom stereocenters. The first-order valence-corrected chi connectivity index (χ1v) is 36.0. The Kier molecular flexibility index (Phi) is 54.3. The van der Waals surface area contributed by atoms with Crippen LogP contribution in [0.25, 0.3) is 0 Å². The molecule has 82 heavy (non-hydrogen) atoms. The number of carbonyl (C=O) groups is 4. The third-order valence-electron chi connectivity index (χ3n) is 14.8. The van der Waals surface area contributed by atoms with E-state index in [1.165, 1.54) is 122 Å². The first-order valence-electron chi connectivity index (χ1n) is 33.0. The van der Waals surface area contributed by atoms with Gasteiger partial charge in [0.25, 0.3) is 0 Å². The summed E-state index contributed by atoms with van der Waals surface area (Å²) in [6, 6.07) is 0. The zero-order valence-electron chi connectivity index (χ0n) is 52.8. The molecule has 486 valence electrons. The second-order valence-corrected chi connectivity index (χ2v) is 26.4. The van der Waals surface area contributed by atoms with E-state index in [1.807, 2.05) is 0 Å². The molecule has 0 aliphatic rings. The average Bonchev–Trinajstić information content (AvgIpc) is 3.47.